The minimum absolute atomic E-state index is 0.245. The smallest absolute Gasteiger partial charge is 0.414 e. The van der Waals surface area contributed by atoms with Crippen LogP contribution in [0.5, 0.6) is 0 Å². The molecule has 1 unspecified atom stereocenters. The average molecular weight is 569 g/mol. The summed E-state index contributed by atoms with van der Waals surface area (Å²) in [4.78, 5) is 53.5. The first-order valence-corrected chi connectivity index (χ1v) is 13.5. The standard InChI is InChI=1S/C28H29FN4O6S/c29-23-13-21(33-15-22(39-28(33)37)14-30-26(40)19-5-6-19)7-8-24(23)31-9-11-32(12-10-31)25(35)17-38-27(36)20-3-1-18(16-34)2-4-20/h1-4,7-8,13,16,19,22H,5-6,9-12,14-15,17H2,(H,30,40). The molecule has 0 aromatic heterocycles. The molecule has 0 bridgehead atoms. The molecule has 1 saturated carbocycles. The van der Waals surface area contributed by atoms with Crippen molar-refractivity contribution >= 4 is 52.8 Å². The lowest BCUT2D eigenvalue weighted by atomic mass is 10.1. The molecule has 2 saturated heterocycles. The largest absolute Gasteiger partial charge is 0.452 e. The second-order valence-corrected chi connectivity index (χ2v) is 10.4. The Morgan fingerprint density at radius 3 is 2.48 bits per heavy atom. The van der Waals surface area contributed by atoms with Crippen LogP contribution in [-0.4, -0.2) is 86.1 Å². The predicted molar refractivity (Wildman–Crippen MR) is 148 cm³/mol. The number of amides is 2. The van der Waals surface area contributed by atoms with Crippen molar-refractivity contribution < 1.29 is 33.0 Å². The summed E-state index contributed by atoms with van der Waals surface area (Å²) >= 11 is 5.32. The molecule has 2 heterocycles. The van der Waals surface area contributed by atoms with E-state index in [0.29, 0.717) is 68.4 Å². The third-order valence-electron chi connectivity index (χ3n) is 7.15. The molecule has 3 aliphatic rings. The molecule has 1 aliphatic carbocycles. The number of hydrogen-bond donors (Lipinski definition) is 1. The average Bonchev–Trinajstić information content (AvgIpc) is 3.76. The third kappa shape index (κ3) is 6.39. The van der Waals surface area contributed by atoms with Crippen LogP contribution in [0.1, 0.15) is 33.6 Å². The number of anilines is 2. The number of cyclic esters (lactones) is 1. The first-order chi connectivity index (χ1) is 19.3. The van der Waals surface area contributed by atoms with E-state index in [9.17, 15) is 19.2 Å². The Kier molecular flexibility index (Phi) is 8.24. The van der Waals surface area contributed by atoms with E-state index < -0.39 is 24.5 Å². The fraction of sp³-hybridized carbons (Fsp3) is 0.393. The van der Waals surface area contributed by atoms with Gasteiger partial charge in [-0.25, -0.2) is 14.0 Å². The lowest BCUT2D eigenvalue weighted by molar-refractivity contribution is -0.134. The Bertz CT molecular complexity index is 1310. The maximum absolute atomic E-state index is 15.1. The number of carbonyl (C=O) groups excluding carboxylic acids is 4. The highest BCUT2D eigenvalue weighted by Crippen LogP contribution is 2.30. The number of rotatable bonds is 9. The molecule has 40 heavy (non-hydrogen) atoms. The lowest BCUT2D eigenvalue weighted by Gasteiger charge is -2.36. The zero-order valence-electron chi connectivity index (χ0n) is 21.7. The fourth-order valence-electron chi connectivity index (χ4n) is 4.66. The van der Waals surface area contributed by atoms with E-state index in [1.165, 1.54) is 35.2 Å². The number of aldehydes is 1. The van der Waals surface area contributed by atoms with E-state index in [1.54, 1.807) is 17.0 Å². The maximum atomic E-state index is 15.1. The predicted octanol–water partition coefficient (Wildman–Crippen LogP) is 2.80. The molecule has 10 nitrogen and oxygen atoms in total. The van der Waals surface area contributed by atoms with Crippen LogP contribution >= 0.6 is 12.2 Å². The van der Waals surface area contributed by atoms with Crippen molar-refractivity contribution in [3.8, 4) is 0 Å². The molecule has 3 fully saturated rings. The lowest BCUT2D eigenvalue weighted by Crippen LogP contribution is -2.50. The van der Waals surface area contributed by atoms with Crippen LogP contribution in [0.15, 0.2) is 42.5 Å². The Morgan fingerprint density at radius 2 is 1.82 bits per heavy atom. The topological polar surface area (TPSA) is 108 Å². The summed E-state index contributed by atoms with van der Waals surface area (Å²) in [5, 5.41) is 3.16. The SMILES string of the molecule is O=Cc1ccc(C(=O)OCC(=O)N2CCN(c3ccc(N4CC(CNC(=S)C5CC5)OC4=O)cc3F)CC2)cc1. The fourth-order valence-corrected chi connectivity index (χ4v) is 4.98. The first-order valence-electron chi connectivity index (χ1n) is 13.1. The molecule has 0 radical (unpaired) electrons. The minimum atomic E-state index is -0.655. The van der Waals surface area contributed by atoms with Crippen LogP contribution < -0.4 is 15.1 Å². The van der Waals surface area contributed by atoms with Crippen molar-refractivity contribution in [2.45, 2.75) is 18.9 Å². The minimum Gasteiger partial charge on any atom is -0.452 e. The van der Waals surface area contributed by atoms with E-state index in [1.807, 2.05) is 4.90 Å². The Balaban J connectivity index is 1.09. The second kappa shape index (κ2) is 12.0. The van der Waals surface area contributed by atoms with Crippen LogP contribution in [0.3, 0.4) is 0 Å². The molecule has 210 valence electrons. The summed E-state index contributed by atoms with van der Waals surface area (Å²) in [5.41, 5.74) is 1.46. The highest BCUT2D eigenvalue weighted by molar-refractivity contribution is 7.80. The van der Waals surface area contributed by atoms with Gasteiger partial charge in [-0.2, -0.15) is 0 Å². The summed E-state index contributed by atoms with van der Waals surface area (Å²) in [6.07, 6.45) is 1.95. The highest BCUT2D eigenvalue weighted by atomic mass is 32.1. The number of benzene rings is 2. The van der Waals surface area contributed by atoms with Gasteiger partial charge in [0.2, 0.25) is 0 Å². The molecule has 1 atom stereocenters. The van der Waals surface area contributed by atoms with E-state index in [0.717, 1.165) is 17.8 Å². The number of nitrogens with zero attached hydrogens (tertiary/aromatic N) is 3. The van der Waals surface area contributed by atoms with Gasteiger partial charge in [0.25, 0.3) is 5.91 Å². The molecule has 5 rings (SSSR count). The van der Waals surface area contributed by atoms with Crippen LogP contribution in [0, 0.1) is 11.7 Å². The second-order valence-electron chi connectivity index (χ2n) is 9.96. The summed E-state index contributed by atoms with van der Waals surface area (Å²) in [5.74, 6) is -1.04. The van der Waals surface area contributed by atoms with Gasteiger partial charge in [0.15, 0.2) is 6.61 Å². The molecular formula is C28H29FN4O6S. The summed E-state index contributed by atoms with van der Waals surface area (Å²) in [6, 6.07) is 10.5. The van der Waals surface area contributed by atoms with Crippen molar-refractivity contribution in [1.29, 1.82) is 0 Å². The molecule has 1 N–H and O–H groups in total. The number of hydrogen-bond acceptors (Lipinski definition) is 8. The van der Waals surface area contributed by atoms with Crippen molar-refractivity contribution in [3.63, 3.8) is 0 Å². The Hall–Kier alpha value is -4.06. The van der Waals surface area contributed by atoms with Gasteiger partial charge in [-0.05, 0) is 43.2 Å². The summed E-state index contributed by atoms with van der Waals surface area (Å²) in [7, 11) is 0. The van der Waals surface area contributed by atoms with Crippen molar-refractivity contribution in [2.75, 3.05) is 55.7 Å². The van der Waals surface area contributed by atoms with E-state index >= 15 is 4.39 Å². The quantitative estimate of drug-likeness (QED) is 0.278. The van der Waals surface area contributed by atoms with Gasteiger partial charge in [0, 0.05) is 37.7 Å². The van der Waals surface area contributed by atoms with Gasteiger partial charge in [-0.15, -0.1) is 0 Å². The van der Waals surface area contributed by atoms with Crippen LogP contribution in [0.4, 0.5) is 20.6 Å². The van der Waals surface area contributed by atoms with Crippen molar-refractivity contribution in [2.24, 2.45) is 5.92 Å². The van der Waals surface area contributed by atoms with Gasteiger partial charge in [0.1, 0.15) is 18.2 Å². The van der Waals surface area contributed by atoms with E-state index in [2.05, 4.69) is 5.32 Å². The number of ether oxygens (including phenoxy) is 2. The molecule has 2 aliphatic heterocycles. The van der Waals surface area contributed by atoms with Gasteiger partial charge >= 0.3 is 12.1 Å². The molecule has 2 aromatic rings. The van der Waals surface area contributed by atoms with Gasteiger partial charge in [0.05, 0.1) is 35.0 Å². The number of esters is 1. The molecule has 2 aromatic carbocycles. The zero-order valence-corrected chi connectivity index (χ0v) is 22.5. The van der Waals surface area contributed by atoms with Gasteiger partial charge in [-0.1, -0.05) is 24.4 Å². The number of halogens is 1. The molecule has 0 spiro atoms. The molecule has 2 amide bonds. The van der Waals surface area contributed by atoms with Crippen molar-refractivity contribution in [3.05, 3.63) is 59.4 Å². The molecule has 12 heteroatoms. The molecular weight excluding hydrogens is 539 g/mol. The van der Waals surface area contributed by atoms with Crippen molar-refractivity contribution in [1.82, 2.24) is 10.2 Å². The third-order valence-corrected chi connectivity index (χ3v) is 7.63. The Labute approximate surface area is 236 Å². The van der Waals surface area contributed by atoms with Crippen LogP contribution in [-0.2, 0) is 14.3 Å². The number of carbonyl (C=O) groups is 4. The van der Waals surface area contributed by atoms with E-state index in [4.69, 9.17) is 21.7 Å². The normalized spacial score (nSPS) is 18.8. The number of nitrogens with one attached hydrogen (secondary N) is 1. The monoisotopic (exact) mass is 568 g/mol. The number of piperazine rings is 1. The number of thiocarbonyl (C=S) groups is 1. The maximum Gasteiger partial charge on any atom is 0.414 e. The zero-order chi connectivity index (χ0) is 28.2. The Morgan fingerprint density at radius 1 is 1.10 bits per heavy atom. The summed E-state index contributed by atoms with van der Waals surface area (Å²) < 4.78 is 25.7. The summed E-state index contributed by atoms with van der Waals surface area (Å²) in [6.45, 7) is 1.77. The van der Waals surface area contributed by atoms with Crippen LogP contribution in [0.25, 0.3) is 0 Å². The highest BCUT2D eigenvalue weighted by Gasteiger charge is 2.34. The van der Waals surface area contributed by atoms with Gasteiger partial charge in [-0.3, -0.25) is 14.5 Å². The first kappa shape index (κ1) is 27.5. The van der Waals surface area contributed by atoms with Crippen LogP contribution in [0.2, 0.25) is 0 Å². The van der Waals surface area contributed by atoms with Gasteiger partial charge < -0.3 is 24.6 Å². The van der Waals surface area contributed by atoms with E-state index in [-0.39, 0.29) is 17.6 Å².